The fraction of sp³-hybridized carbons (Fsp3) is 0.455. The monoisotopic (exact) mass is 667 g/mol. The summed E-state index contributed by atoms with van der Waals surface area (Å²) >= 11 is 0. The summed E-state index contributed by atoms with van der Waals surface area (Å²) in [7, 11) is -4.03. The van der Waals surface area contributed by atoms with Crippen molar-refractivity contribution < 1.29 is 37.8 Å². The molecule has 4 amide bonds. The number of aliphatic carboxylic acids is 1. The molecule has 2 fully saturated rings. The number of nitrogens with zero attached hydrogens (tertiary/aromatic N) is 1. The highest BCUT2D eigenvalue weighted by Gasteiger charge is 2.61. The lowest BCUT2D eigenvalue weighted by Gasteiger charge is -2.34. The second-order valence-corrected chi connectivity index (χ2v) is 15.3. The first kappa shape index (κ1) is 34.1. The van der Waals surface area contributed by atoms with Crippen molar-refractivity contribution in [2.24, 2.45) is 11.3 Å². The first-order valence-corrected chi connectivity index (χ1v) is 16.9. The number of carboxylic acids is 1. The van der Waals surface area contributed by atoms with Gasteiger partial charge in [-0.2, -0.15) is 0 Å². The molecule has 7 unspecified atom stereocenters. The van der Waals surface area contributed by atoms with Crippen LogP contribution in [0.1, 0.15) is 50.8 Å². The van der Waals surface area contributed by atoms with Gasteiger partial charge < -0.3 is 31.1 Å². The number of aliphatic hydroxyl groups is 1. The number of sulfonamides is 1. The Hall–Kier alpha value is -4.27. The summed E-state index contributed by atoms with van der Waals surface area (Å²) in [5.74, 6) is -3.07. The van der Waals surface area contributed by atoms with E-state index < -0.39 is 81.0 Å². The Balaban J connectivity index is 1.38. The number of carbonyl (C=O) groups excluding carboxylic acids is 3. The van der Waals surface area contributed by atoms with Gasteiger partial charge in [-0.15, -0.1) is 6.58 Å². The van der Waals surface area contributed by atoms with Gasteiger partial charge in [0.05, 0.1) is 17.0 Å². The standard InChI is InChI=1S/C33H41N5O8S/c1-5-20-17-33(20,30(42)43)36-28(40)24-16-21(37-47(45,46)22-12-7-6-8-13-22)18-38(24)31(44)35-27(32(2,3)4)29(41)34-26-23-14-10-9-11-19(23)15-25(26)39/h5-14,20-21,24-27,37,39H,1,15-18H2,2-4H3,(H,34,41)(H,35,44)(H,36,40)(H,42,43). The fourth-order valence-electron chi connectivity index (χ4n) is 6.47. The summed E-state index contributed by atoms with van der Waals surface area (Å²) in [6.45, 7) is 8.66. The van der Waals surface area contributed by atoms with Crippen LogP contribution in [-0.2, 0) is 30.8 Å². The van der Waals surface area contributed by atoms with E-state index in [1.165, 1.54) is 18.2 Å². The number of benzene rings is 2. The number of hydrogen-bond donors (Lipinski definition) is 6. The number of hydrogen-bond acceptors (Lipinski definition) is 7. The second-order valence-electron chi connectivity index (χ2n) is 13.6. The van der Waals surface area contributed by atoms with Gasteiger partial charge in [0.2, 0.25) is 21.8 Å². The molecule has 2 aliphatic carbocycles. The number of amides is 4. The van der Waals surface area contributed by atoms with E-state index in [0.29, 0.717) is 6.42 Å². The molecule has 0 aromatic heterocycles. The Morgan fingerprint density at radius 3 is 2.34 bits per heavy atom. The van der Waals surface area contributed by atoms with Crippen molar-refractivity contribution in [3.05, 3.63) is 78.4 Å². The lowest BCUT2D eigenvalue weighted by Crippen LogP contribution is -2.60. The number of carboxylic acid groups (broad SMARTS) is 1. The van der Waals surface area contributed by atoms with Crippen LogP contribution in [0.4, 0.5) is 4.79 Å². The average molecular weight is 668 g/mol. The normalized spacial score (nSPS) is 27.3. The molecular weight excluding hydrogens is 626 g/mol. The van der Waals surface area contributed by atoms with E-state index in [1.807, 2.05) is 24.3 Å². The summed E-state index contributed by atoms with van der Waals surface area (Å²) < 4.78 is 28.8. The van der Waals surface area contributed by atoms with Gasteiger partial charge in [-0.1, -0.05) is 69.3 Å². The zero-order valence-electron chi connectivity index (χ0n) is 26.5. The second kappa shape index (κ2) is 12.7. The Morgan fingerprint density at radius 1 is 1.06 bits per heavy atom. The largest absolute Gasteiger partial charge is 0.479 e. The topological polar surface area (TPSA) is 194 Å². The Morgan fingerprint density at radius 2 is 1.72 bits per heavy atom. The molecule has 1 saturated carbocycles. The van der Waals surface area contributed by atoms with E-state index in [-0.39, 0.29) is 24.3 Å². The maximum Gasteiger partial charge on any atom is 0.330 e. The molecule has 5 rings (SSSR count). The van der Waals surface area contributed by atoms with Gasteiger partial charge in [0, 0.05) is 24.9 Å². The molecule has 2 aromatic rings. The van der Waals surface area contributed by atoms with Crippen LogP contribution in [0.25, 0.3) is 0 Å². The minimum atomic E-state index is -4.03. The van der Waals surface area contributed by atoms with Crippen molar-refractivity contribution in [3.63, 3.8) is 0 Å². The lowest BCUT2D eigenvalue weighted by molar-refractivity contribution is -0.144. The molecule has 252 valence electrons. The van der Waals surface area contributed by atoms with Gasteiger partial charge in [0.1, 0.15) is 17.6 Å². The maximum atomic E-state index is 13.9. The first-order chi connectivity index (χ1) is 22.1. The van der Waals surface area contributed by atoms with Gasteiger partial charge in [0.15, 0.2) is 0 Å². The average Bonchev–Trinajstić information content (AvgIpc) is 3.43. The molecule has 1 saturated heterocycles. The number of rotatable bonds is 10. The van der Waals surface area contributed by atoms with E-state index in [1.54, 1.807) is 39.0 Å². The van der Waals surface area contributed by atoms with Crippen LogP contribution in [0.5, 0.6) is 0 Å². The summed E-state index contributed by atoms with van der Waals surface area (Å²) in [6, 6.07) is 10.2. The Bertz CT molecular complexity index is 1680. The first-order valence-electron chi connectivity index (χ1n) is 15.5. The van der Waals surface area contributed by atoms with Crippen LogP contribution >= 0.6 is 0 Å². The van der Waals surface area contributed by atoms with Crippen LogP contribution in [0, 0.1) is 11.3 Å². The summed E-state index contributed by atoms with van der Waals surface area (Å²) in [5, 5.41) is 28.7. The van der Waals surface area contributed by atoms with Crippen molar-refractivity contribution in [1.82, 2.24) is 25.6 Å². The van der Waals surface area contributed by atoms with Crippen LogP contribution in [0.3, 0.4) is 0 Å². The van der Waals surface area contributed by atoms with Crippen LogP contribution in [0.15, 0.2) is 72.1 Å². The predicted octanol–water partition coefficient (Wildman–Crippen LogP) is 1.45. The van der Waals surface area contributed by atoms with Gasteiger partial charge >= 0.3 is 12.0 Å². The molecule has 0 bridgehead atoms. The van der Waals surface area contributed by atoms with Gasteiger partial charge in [-0.05, 0) is 41.5 Å². The van der Waals surface area contributed by atoms with E-state index >= 15 is 0 Å². The summed E-state index contributed by atoms with van der Waals surface area (Å²) in [5.41, 5.74) is -0.713. The molecule has 3 aliphatic rings. The van der Waals surface area contributed by atoms with Crippen molar-refractivity contribution in [2.75, 3.05) is 6.54 Å². The third-order valence-electron chi connectivity index (χ3n) is 9.16. The zero-order valence-corrected chi connectivity index (χ0v) is 27.3. The highest BCUT2D eigenvalue weighted by molar-refractivity contribution is 7.89. The van der Waals surface area contributed by atoms with E-state index in [2.05, 4.69) is 27.3 Å². The molecule has 6 N–H and O–H groups in total. The van der Waals surface area contributed by atoms with Crippen molar-refractivity contribution in [3.8, 4) is 0 Å². The van der Waals surface area contributed by atoms with E-state index in [0.717, 1.165) is 16.0 Å². The van der Waals surface area contributed by atoms with E-state index in [4.69, 9.17) is 0 Å². The minimum absolute atomic E-state index is 0.000630. The molecule has 13 nitrogen and oxygen atoms in total. The van der Waals surface area contributed by atoms with E-state index in [9.17, 15) is 37.8 Å². The maximum absolute atomic E-state index is 13.9. The number of urea groups is 1. The SMILES string of the molecule is C=CC1CC1(NC(=O)C1CC(NS(=O)(=O)c2ccccc2)CN1C(=O)NC(C(=O)NC1c2ccccc2CC1O)C(C)(C)C)C(=O)O. The smallest absolute Gasteiger partial charge is 0.330 e. The molecule has 1 heterocycles. The molecule has 1 aliphatic heterocycles. The quantitative estimate of drug-likeness (QED) is 0.205. The third kappa shape index (κ3) is 6.90. The van der Waals surface area contributed by atoms with Gasteiger partial charge in [0.25, 0.3) is 0 Å². The van der Waals surface area contributed by atoms with Crippen molar-refractivity contribution in [1.29, 1.82) is 0 Å². The number of likely N-dealkylation sites (tertiary alicyclic amines) is 1. The number of fused-ring (bicyclic) bond motifs is 1. The molecule has 0 radical (unpaired) electrons. The number of carbonyl (C=O) groups is 4. The Labute approximate surface area is 273 Å². The highest BCUT2D eigenvalue weighted by atomic mass is 32.2. The highest BCUT2D eigenvalue weighted by Crippen LogP contribution is 2.45. The zero-order chi connectivity index (χ0) is 34.3. The molecule has 7 atom stereocenters. The molecule has 2 aromatic carbocycles. The molecule has 0 spiro atoms. The number of aliphatic hydroxyl groups excluding tert-OH is 1. The summed E-state index contributed by atoms with van der Waals surface area (Å²) in [4.78, 5) is 54.5. The van der Waals surface area contributed by atoms with Crippen LogP contribution < -0.4 is 20.7 Å². The fourth-order valence-corrected chi connectivity index (χ4v) is 7.73. The molecule has 14 heteroatoms. The molecule has 47 heavy (non-hydrogen) atoms. The lowest BCUT2D eigenvalue weighted by atomic mass is 9.86. The van der Waals surface area contributed by atoms with Crippen molar-refractivity contribution >= 4 is 33.8 Å². The van der Waals surface area contributed by atoms with Crippen LogP contribution in [-0.4, -0.2) is 83.7 Å². The molecular formula is C33H41N5O8S. The predicted molar refractivity (Wildman–Crippen MR) is 171 cm³/mol. The minimum Gasteiger partial charge on any atom is -0.479 e. The van der Waals surface area contributed by atoms with Crippen molar-refractivity contribution in [2.45, 2.75) is 80.7 Å². The summed E-state index contributed by atoms with van der Waals surface area (Å²) in [6.07, 6.45) is 0.931. The van der Waals surface area contributed by atoms with Crippen LogP contribution in [0.2, 0.25) is 0 Å². The van der Waals surface area contributed by atoms with Gasteiger partial charge in [-0.3, -0.25) is 9.59 Å². The third-order valence-corrected chi connectivity index (χ3v) is 10.7. The van der Waals surface area contributed by atoms with Gasteiger partial charge in [-0.25, -0.2) is 22.7 Å². The number of nitrogens with one attached hydrogen (secondary N) is 4. The Kier molecular flexibility index (Phi) is 9.23.